The number of carbonyl (C=O) groups excluding carboxylic acids is 2. The number of nitrogens with one attached hydrogen (secondary N) is 2. The number of halogens is 1. The molecule has 2 aromatic carbocycles. The van der Waals surface area contributed by atoms with Crippen molar-refractivity contribution in [3.8, 4) is 0 Å². The fourth-order valence-corrected chi connectivity index (χ4v) is 3.70. The third-order valence-electron chi connectivity index (χ3n) is 3.82. The summed E-state index contributed by atoms with van der Waals surface area (Å²) in [7, 11) is 0. The summed E-state index contributed by atoms with van der Waals surface area (Å²) >= 11 is 7.50. The standard InChI is InChI=1S/C19H18ClN3O2S/c1-11(24)21-17(13-3-5-14(20)6-4-13)10-19(25)23-15-7-8-16-18(9-15)26-12(2)22-16/h3-9,17H,10H2,1-2H3,(H,21,24)(H,23,25). The first-order valence-corrected chi connectivity index (χ1v) is 9.30. The van der Waals surface area contributed by atoms with Crippen LogP contribution in [0.2, 0.25) is 5.02 Å². The maximum atomic E-state index is 12.5. The van der Waals surface area contributed by atoms with E-state index < -0.39 is 6.04 Å². The number of benzene rings is 2. The molecule has 7 heteroatoms. The maximum Gasteiger partial charge on any atom is 0.226 e. The summed E-state index contributed by atoms with van der Waals surface area (Å²) < 4.78 is 1.02. The van der Waals surface area contributed by atoms with E-state index in [1.54, 1.807) is 23.5 Å². The average molecular weight is 388 g/mol. The lowest BCUT2D eigenvalue weighted by Crippen LogP contribution is -2.29. The molecular weight excluding hydrogens is 370 g/mol. The van der Waals surface area contributed by atoms with Crippen LogP contribution in [0.3, 0.4) is 0 Å². The molecule has 1 unspecified atom stereocenters. The highest BCUT2D eigenvalue weighted by Crippen LogP contribution is 2.25. The van der Waals surface area contributed by atoms with Gasteiger partial charge in [-0.1, -0.05) is 23.7 Å². The SMILES string of the molecule is CC(=O)NC(CC(=O)Nc1ccc2nc(C)sc2c1)c1ccc(Cl)cc1. The van der Waals surface area contributed by atoms with Gasteiger partial charge in [-0.2, -0.15) is 0 Å². The predicted octanol–water partition coefficient (Wildman–Crippen LogP) is 4.46. The van der Waals surface area contributed by atoms with Crippen LogP contribution in [-0.2, 0) is 9.59 Å². The molecule has 0 saturated heterocycles. The van der Waals surface area contributed by atoms with Crippen molar-refractivity contribution in [1.82, 2.24) is 10.3 Å². The Morgan fingerprint density at radius 2 is 1.92 bits per heavy atom. The molecule has 3 rings (SSSR count). The van der Waals surface area contributed by atoms with E-state index in [0.717, 1.165) is 20.8 Å². The van der Waals surface area contributed by atoms with Gasteiger partial charge >= 0.3 is 0 Å². The Hall–Kier alpha value is -2.44. The quantitative estimate of drug-likeness (QED) is 0.678. The van der Waals surface area contributed by atoms with Gasteiger partial charge in [0.05, 0.1) is 27.7 Å². The van der Waals surface area contributed by atoms with Gasteiger partial charge in [0.15, 0.2) is 0 Å². The van der Waals surface area contributed by atoms with Crippen LogP contribution in [0.1, 0.15) is 30.0 Å². The number of thiazole rings is 1. The Kier molecular flexibility index (Phi) is 5.54. The fourth-order valence-electron chi connectivity index (χ4n) is 2.71. The van der Waals surface area contributed by atoms with E-state index in [1.807, 2.05) is 37.3 Å². The molecule has 2 N–H and O–H groups in total. The lowest BCUT2D eigenvalue weighted by molar-refractivity contribution is -0.120. The lowest BCUT2D eigenvalue weighted by atomic mass is 10.0. The molecule has 134 valence electrons. The van der Waals surface area contributed by atoms with E-state index in [4.69, 9.17) is 11.6 Å². The maximum absolute atomic E-state index is 12.5. The Balaban J connectivity index is 1.73. The zero-order chi connectivity index (χ0) is 18.7. The molecule has 0 aliphatic carbocycles. The minimum Gasteiger partial charge on any atom is -0.349 e. The van der Waals surface area contributed by atoms with Crippen LogP contribution < -0.4 is 10.6 Å². The minimum absolute atomic E-state index is 0.126. The summed E-state index contributed by atoms with van der Waals surface area (Å²) in [4.78, 5) is 28.4. The number of rotatable bonds is 5. The van der Waals surface area contributed by atoms with Gasteiger partial charge in [0.25, 0.3) is 0 Å². The number of hydrogen-bond donors (Lipinski definition) is 2. The average Bonchev–Trinajstić information content (AvgIpc) is 2.93. The summed E-state index contributed by atoms with van der Waals surface area (Å²) in [5, 5.41) is 7.29. The fraction of sp³-hybridized carbons (Fsp3) is 0.211. The van der Waals surface area contributed by atoms with Crippen LogP contribution >= 0.6 is 22.9 Å². The molecular formula is C19H18ClN3O2S. The second-order valence-electron chi connectivity index (χ2n) is 5.97. The second-order valence-corrected chi connectivity index (χ2v) is 7.64. The number of anilines is 1. The van der Waals surface area contributed by atoms with Crippen molar-refractivity contribution in [2.24, 2.45) is 0 Å². The molecule has 1 aromatic heterocycles. The number of hydrogen-bond acceptors (Lipinski definition) is 4. The predicted molar refractivity (Wildman–Crippen MR) is 106 cm³/mol. The number of fused-ring (bicyclic) bond motifs is 1. The third kappa shape index (κ3) is 4.59. The molecule has 3 aromatic rings. The van der Waals surface area contributed by atoms with Crippen LogP contribution in [0, 0.1) is 6.92 Å². The van der Waals surface area contributed by atoms with Crippen LogP contribution in [0.25, 0.3) is 10.2 Å². The highest BCUT2D eigenvalue weighted by Gasteiger charge is 2.17. The summed E-state index contributed by atoms with van der Waals surface area (Å²) in [6, 6.07) is 12.3. The first-order chi connectivity index (χ1) is 12.4. The van der Waals surface area contributed by atoms with E-state index in [9.17, 15) is 9.59 Å². The van der Waals surface area contributed by atoms with Gasteiger partial charge in [-0.25, -0.2) is 4.98 Å². The zero-order valence-electron chi connectivity index (χ0n) is 14.4. The van der Waals surface area contributed by atoms with Gasteiger partial charge in [-0.05, 0) is 42.8 Å². The molecule has 2 amide bonds. The Labute approximate surface area is 160 Å². The molecule has 0 aliphatic rings. The second kappa shape index (κ2) is 7.85. The molecule has 1 heterocycles. The Bertz CT molecular complexity index is 953. The van der Waals surface area contributed by atoms with Crippen molar-refractivity contribution in [3.63, 3.8) is 0 Å². The number of aromatic nitrogens is 1. The van der Waals surface area contributed by atoms with Gasteiger partial charge in [0.1, 0.15) is 0 Å². The molecule has 0 fully saturated rings. The van der Waals surface area contributed by atoms with E-state index in [0.29, 0.717) is 10.7 Å². The van der Waals surface area contributed by atoms with Crippen LogP contribution in [-0.4, -0.2) is 16.8 Å². The first kappa shape index (κ1) is 18.4. The Morgan fingerprint density at radius 1 is 1.19 bits per heavy atom. The highest BCUT2D eigenvalue weighted by atomic mass is 35.5. The lowest BCUT2D eigenvalue weighted by Gasteiger charge is -2.18. The summed E-state index contributed by atoms with van der Waals surface area (Å²) in [5.41, 5.74) is 2.46. The molecule has 0 radical (unpaired) electrons. The van der Waals surface area contributed by atoms with Crippen LogP contribution in [0.5, 0.6) is 0 Å². The van der Waals surface area contributed by atoms with E-state index in [2.05, 4.69) is 15.6 Å². The summed E-state index contributed by atoms with van der Waals surface area (Å²) in [6.45, 7) is 3.38. The molecule has 5 nitrogen and oxygen atoms in total. The van der Waals surface area contributed by atoms with E-state index in [-0.39, 0.29) is 18.2 Å². The number of carbonyl (C=O) groups is 2. The van der Waals surface area contributed by atoms with Crippen molar-refractivity contribution < 1.29 is 9.59 Å². The number of aryl methyl sites for hydroxylation is 1. The monoisotopic (exact) mass is 387 g/mol. The largest absolute Gasteiger partial charge is 0.349 e. The van der Waals surface area contributed by atoms with Gasteiger partial charge in [-0.15, -0.1) is 11.3 Å². The molecule has 0 bridgehead atoms. The van der Waals surface area contributed by atoms with Crippen molar-refractivity contribution in [3.05, 3.63) is 58.1 Å². The van der Waals surface area contributed by atoms with Crippen molar-refractivity contribution in [1.29, 1.82) is 0 Å². The normalized spacial score (nSPS) is 12.0. The molecule has 0 saturated carbocycles. The van der Waals surface area contributed by atoms with Gasteiger partial charge in [-0.3, -0.25) is 9.59 Å². The van der Waals surface area contributed by atoms with E-state index in [1.165, 1.54) is 6.92 Å². The molecule has 0 spiro atoms. The van der Waals surface area contributed by atoms with Gasteiger partial charge < -0.3 is 10.6 Å². The highest BCUT2D eigenvalue weighted by molar-refractivity contribution is 7.18. The van der Waals surface area contributed by atoms with Crippen molar-refractivity contribution in [2.45, 2.75) is 26.3 Å². The topological polar surface area (TPSA) is 71.1 Å². The minimum atomic E-state index is -0.417. The number of nitrogens with zero attached hydrogens (tertiary/aromatic N) is 1. The van der Waals surface area contributed by atoms with Gasteiger partial charge in [0.2, 0.25) is 11.8 Å². The Morgan fingerprint density at radius 3 is 2.62 bits per heavy atom. The van der Waals surface area contributed by atoms with E-state index >= 15 is 0 Å². The smallest absolute Gasteiger partial charge is 0.226 e. The zero-order valence-corrected chi connectivity index (χ0v) is 15.9. The first-order valence-electron chi connectivity index (χ1n) is 8.10. The number of amides is 2. The summed E-state index contributed by atoms with van der Waals surface area (Å²) in [6.07, 6.45) is 0.126. The van der Waals surface area contributed by atoms with Gasteiger partial charge in [0, 0.05) is 17.6 Å². The van der Waals surface area contributed by atoms with Crippen LogP contribution in [0.15, 0.2) is 42.5 Å². The molecule has 26 heavy (non-hydrogen) atoms. The van der Waals surface area contributed by atoms with Crippen LogP contribution in [0.4, 0.5) is 5.69 Å². The molecule has 0 aliphatic heterocycles. The molecule has 1 atom stereocenters. The van der Waals surface area contributed by atoms with Crippen molar-refractivity contribution in [2.75, 3.05) is 5.32 Å². The third-order valence-corrected chi connectivity index (χ3v) is 5.00. The van der Waals surface area contributed by atoms with Crippen molar-refractivity contribution >= 4 is 50.7 Å². The summed E-state index contributed by atoms with van der Waals surface area (Å²) in [5.74, 6) is -0.376.